The topological polar surface area (TPSA) is 171 Å². The molecule has 2 aliphatic heterocycles. The average molecular weight is 548 g/mol. The number of carbonyl (C=O) groups excluding carboxylic acids is 1. The molecule has 2 atom stereocenters. The molecule has 2 unspecified atom stereocenters. The van der Waals surface area contributed by atoms with Crippen LogP contribution in [0.15, 0.2) is 41.3 Å². The molecule has 11 nitrogen and oxygen atoms in total. The number of aliphatic hydroxyl groups excluding tert-OH is 3. The number of benzene rings is 2. The Hall–Kier alpha value is -2.90. The Morgan fingerprint density at radius 2 is 1.55 bits per heavy atom. The van der Waals surface area contributed by atoms with Gasteiger partial charge in [0.2, 0.25) is 15.9 Å². The molecular formula is C26H33N3O8S. The normalized spacial score (nSPS) is 26.8. The van der Waals surface area contributed by atoms with Crippen LogP contribution in [0.5, 0.6) is 11.5 Å². The molecule has 3 aliphatic rings. The van der Waals surface area contributed by atoms with Crippen LogP contribution in [0.4, 0.5) is 5.69 Å². The van der Waals surface area contributed by atoms with Gasteiger partial charge in [-0.25, -0.2) is 8.42 Å². The first-order valence-corrected chi connectivity index (χ1v) is 14.2. The summed E-state index contributed by atoms with van der Waals surface area (Å²) in [5.41, 5.74) is 2.59. The number of fused-ring (bicyclic) bond motifs is 1. The van der Waals surface area contributed by atoms with Gasteiger partial charge in [-0.05, 0) is 61.1 Å². The van der Waals surface area contributed by atoms with E-state index >= 15 is 0 Å². The van der Waals surface area contributed by atoms with E-state index in [-0.39, 0.29) is 48.5 Å². The number of anilines is 1. The van der Waals surface area contributed by atoms with Gasteiger partial charge in [0, 0.05) is 49.9 Å². The van der Waals surface area contributed by atoms with Crippen LogP contribution in [0, 0.1) is 5.92 Å². The second kappa shape index (κ2) is 10.3. The molecule has 2 heterocycles. The third-order valence-electron chi connectivity index (χ3n) is 7.83. The Morgan fingerprint density at radius 3 is 2.21 bits per heavy atom. The quantitative estimate of drug-likeness (QED) is 0.315. The number of carbonyl (C=O) groups is 1. The SMILES string of the molecule is O=C(C1CC(O)C(O)C(O)C1)N1CCC(Nc2ccc3c(c2)CN(S(=O)(=O)c2ccc(O)cc2O)C3)CC1. The molecule has 2 aromatic rings. The van der Waals surface area contributed by atoms with Gasteiger partial charge >= 0.3 is 0 Å². The standard InChI is InChI=1S/C26H33N3O8S/c30-20-3-4-24(21(31)12-20)38(36,37)29-13-15-1-2-19(9-17(15)14-29)27-18-5-7-28(8-6-18)26(35)16-10-22(32)25(34)23(33)11-16/h1-4,9,12,16,18,22-23,25,27,30-34H,5-8,10-11,13-14H2. The lowest BCUT2D eigenvalue weighted by Gasteiger charge is -2.38. The van der Waals surface area contributed by atoms with E-state index in [4.69, 9.17) is 0 Å². The Morgan fingerprint density at radius 1 is 0.895 bits per heavy atom. The van der Waals surface area contributed by atoms with Crippen molar-refractivity contribution in [3.8, 4) is 11.5 Å². The van der Waals surface area contributed by atoms with Gasteiger partial charge in [-0.1, -0.05) is 6.07 Å². The minimum Gasteiger partial charge on any atom is -0.508 e. The van der Waals surface area contributed by atoms with Gasteiger partial charge in [0.25, 0.3) is 0 Å². The first-order valence-electron chi connectivity index (χ1n) is 12.8. The molecular weight excluding hydrogens is 514 g/mol. The van der Waals surface area contributed by atoms with Crippen molar-refractivity contribution in [2.24, 2.45) is 5.92 Å². The van der Waals surface area contributed by atoms with Crippen molar-refractivity contribution in [2.75, 3.05) is 18.4 Å². The Bertz CT molecular complexity index is 1300. The van der Waals surface area contributed by atoms with Gasteiger partial charge in [0.1, 0.15) is 22.5 Å². The summed E-state index contributed by atoms with van der Waals surface area (Å²) in [5.74, 6) is -1.33. The zero-order chi connectivity index (χ0) is 27.2. The molecule has 1 aliphatic carbocycles. The molecule has 6 N–H and O–H groups in total. The van der Waals surface area contributed by atoms with Crippen LogP contribution in [0.2, 0.25) is 0 Å². The molecule has 206 valence electrons. The number of aliphatic hydroxyl groups is 3. The zero-order valence-corrected chi connectivity index (χ0v) is 21.6. The Balaban J connectivity index is 1.17. The smallest absolute Gasteiger partial charge is 0.247 e. The van der Waals surface area contributed by atoms with E-state index in [1.807, 2.05) is 18.2 Å². The minimum atomic E-state index is -3.96. The fourth-order valence-corrected chi connectivity index (χ4v) is 7.10. The molecule has 38 heavy (non-hydrogen) atoms. The maximum Gasteiger partial charge on any atom is 0.247 e. The van der Waals surface area contributed by atoms with Crippen LogP contribution < -0.4 is 5.32 Å². The maximum absolute atomic E-state index is 13.1. The van der Waals surface area contributed by atoms with Gasteiger partial charge in [-0.2, -0.15) is 4.31 Å². The lowest BCUT2D eigenvalue weighted by atomic mass is 9.82. The fourth-order valence-electron chi connectivity index (χ4n) is 5.64. The number of phenols is 2. The molecule has 0 radical (unpaired) electrons. The van der Waals surface area contributed by atoms with Gasteiger partial charge in [-0.3, -0.25) is 4.79 Å². The number of amides is 1. The summed E-state index contributed by atoms with van der Waals surface area (Å²) >= 11 is 0. The summed E-state index contributed by atoms with van der Waals surface area (Å²) in [6.45, 7) is 1.41. The third-order valence-corrected chi connectivity index (χ3v) is 9.67. The van der Waals surface area contributed by atoms with E-state index in [9.17, 15) is 38.7 Å². The van der Waals surface area contributed by atoms with Crippen LogP contribution in [-0.4, -0.2) is 86.5 Å². The van der Waals surface area contributed by atoms with Gasteiger partial charge in [-0.15, -0.1) is 0 Å². The predicted octanol–water partition coefficient (Wildman–Crippen LogP) is 0.698. The monoisotopic (exact) mass is 547 g/mol. The summed E-state index contributed by atoms with van der Waals surface area (Å²) < 4.78 is 27.5. The number of hydrogen-bond acceptors (Lipinski definition) is 9. The molecule has 1 amide bonds. The first kappa shape index (κ1) is 26.7. The van der Waals surface area contributed by atoms with Crippen molar-refractivity contribution >= 4 is 21.6 Å². The van der Waals surface area contributed by atoms with E-state index in [0.717, 1.165) is 22.9 Å². The number of rotatable bonds is 5. The molecule has 1 saturated carbocycles. The highest BCUT2D eigenvalue weighted by Crippen LogP contribution is 2.35. The van der Waals surface area contributed by atoms with Crippen molar-refractivity contribution in [1.82, 2.24) is 9.21 Å². The summed E-state index contributed by atoms with van der Waals surface area (Å²) in [4.78, 5) is 14.4. The van der Waals surface area contributed by atoms with E-state index in [1.165, 1.54) is 16.4 Å². The number of aromatic hydroxyl groups is 2. The molecule has 2 aromatic carbocycles. The molecule has 12 heteroatoms. The number of piperidine rings is 1. The highest BCUT2D eigenvalue weighted by atomic mass is 32.2. The predicted molar refractivity (Wildman–Crippen MR) is 137 cm³/mol. The highest BCUT2D eigenvalue weighted by Gasteiger charge is 2.40. The summed E-state index contributed by atoms with van der Waals surface area (Å²) in [5, 5.41) is 52.6. The molecule has 0 bridgehead atoms. The lowest BCUT2D eigenvalue weighted by molar-refractivity contribution is -0.148. The van der Waals surface area contributed by atoms with Gasteiger partial charge in [0.05, 0.1) is 12.2 Å². The maximum atomic E-state index is 13.1. The van der Waals surface area contributed by atoms with Crippen LogP contribution >= 0.6 is 0 Å². The van der Waals surface area contributed by atoms with Crippen LogP contribution in [-0.2, 0) is 27.9 Å². The number of nitrogens with zero attached hydrogens (tertiary/aromatic N) is 2. The third kappa shape index (κ3) is 5.19. The van der Waals surface area contributed by atoms with E-state index < -0.39 is 40.0 Å². The second-order valence-corrected chi connectivity index (χ2v) is 12.4. The van der Waals surface area contributed by atoms with Gasteiger partial charge < -0.3 is 35.7 Å². The van der Waals surface area contributed by atoms with E-state index in [1.54, 1.807) is 4.90 Å². The van der Waals surface area contributed by atoms with Crippen LogP contribution in [0.25, 0.3) is 0 Å². The van der Waals surface area contributed by atoms with Crippen LogP contribution in [0.3, 0.4) is 0 Å². The summed E-state index contributed by atoms with van der Waals surface area (Å²) in [6, 6.07) is 9.25. The number of sulfonamides is 1. The molecule has 0 spiro atoms. The average Bonchev–Trinajstić information content (AvgIpc) is 3.31. The van der Waals surface area contributed by atoms with Crippen molar-refractivity contribution in [2.45, 2.75) is 68.0 Å². The number of nitrogens with one attached hydrogen (secondary N) is 1. The number of likely N-dealkylation sites (tertiary alicyclic amines) is 1. The Labute approximate surface area is 221 Å². The zero-order valence-electron chi connectivity index (χ0n) is 20.8. The first-order chi connectivity index (χ1) is 18.0. The highest BCUT2D eigenvalue weighted by molar-refractivity contribution is 7.89. The van der Waals surface area contributed by atoms with Crippen molar-refractivity contribution in [3.63, 3.8) is 0 Å². The van der Waals surface area contributed by atoms with Crippen LogP contribution in [0.1, 0.15) is 36.8 Å². The number of phenolic OH excluding ortho intramolecular Hbond substituents is 2. The molecule has 0 aromatic heterocycles. The summed E-state index contributed by atoms with van der Waals surface area (Å²) in [7, 11) is -3.96. The lowest BCUT2D eigenvalue weighted by Crippen LogP contribution is -2.51. The minimum absolute atomic E-state index is 0.105. The molecule has 1 saturated heterocycles. The molecule has 2 fully saturated rings. The number of hydrogen-bond donors (Lipinski definition) is 6. The largest absolute Gasteiger partial charge is 0.508 e. The fraction of sp³-hybridized carbons (Fsp3) is 0.500. The van der Waals surface area contributed by atoms with Crippen molar-refractivity contribution in [3.05, 3.63) is 47.5 Å². The van der Waals surface area contributed by atoms with E-state index in [2.05, 4.69) is 5.32 Å². The Kier molecular flexibility index (Phi) is 7.27. The van der Waals surface area contributed by atoms with E-state index in [0.29, 0.717) is 25.9 Å². The second-order valence-electron chi connectivity index (χ2n) is 10.4. The molecule has 5 rings (SSSR count). The van der Waals surface area contributed by atoms with Crippen molar-refractivity contribution < 1.29 is 38.7 Å². The van der Waals surface area contributed by atoms with Crippen molar-refractivity contribution in [1.29, 1.82) is 0 Å². The van der Waals surface area contributed by atoms with Gasteiger partial charge in [0.15, 0.2) is 0 Å². The summed E-state index contributed by atoms with van der Waals surface area (Å²) in [6.07, 6.45) is -1.72.